The van der Waals surface area contributed by atoms with Crippen LogP contribution in [-0.4, -0.2) is 11.4 Å². The zero-order valence-electron chi connectivity index (χ0n) is 17.0. The summed E-state index contributed by atoms with van der Waals surface area (Å²) in [5.41, 5.74) is 5.51. The fraction of sp³-hybridized carbons (Fsp3) is 0.154. The maximum atomic E-state index is 9.81. The number of aliphatic hydroxyl groups excluding tert-OH is 1. The molecule has 4 rings (SSSR count). The Morgan fingerprint density at radius 2 is 1.70 bits per heavy atom. The van der Waals surface area contributed by atoms with E-state index in [0.717, 1.165) is 28.0 Å². The number of thiophene rings is 1. The molecule has 4 aromatic rings. The summed E-state index contributed by atoms with van der Waals surface area (Å²) in [6, 6.07) is 26.9. The van der Waals surface area contributed by atoms with Gasteiger partial charge in [-0.05, 0) is 59.5 Å². The molecule has 0 radical (unpaired) electrons. The van der Waals surface area contributed by atoms with E-state index in [2.05, 4.69) is 60.2 Å². The summed E-state index contributed by atoms with van der Waals surface area (Å²) >= 11 is 3.46. The summed E-state index contributed by atoms with van der Waals surface area (Å²) in [5.74, 6) is 0.890. The Kier molecular flexibility index (Phi) is 6.58. The highest BCUT2D eigenvalue weighted by Gasteiger charge is 2.15. The fourth-order valence-corrected chi connectivity index (χ4v) is 4.74. The monoisotopic (exact) mass is 432 g/mol. The van der Waals surface area contributed by atoms with Crippen LogP contribution in [0.2, 0.25) is 0 Å². The van der Waals surface area contributed by atoms with Crippen molar-refractivity contribution < 1.29 is 9.84 Å². The summed E-state index contributed by atoms with van der Waals surface area (Å²) in [7, 11) is 0. The molecule has 30 heavy (non-hydrogen) atoms. The van der Waals surface area contributed by atoms with Crippen molar-refractivity contribution in [2.45, 2.75) is 24.5 Å². The molecule has 0 spiro atoms. The Balaban J connectivity index is 1.70. The lowest BCUT2D eigenvalue weighted by atomic mass is 10.00. The summed E-state index contributed by atoms with van der Waals surface area (Å²) in [4.78, 5) is 2.40. The van der Waals surface area contributed by atoms with Gasteiger partial charge in [-0.2, -0.15) is 0 Å². The molecular weight excluding hydrogens is 408 g/mol. The number of thioether (sulfide) groups is 1. The minimum atomic E-state index is -0.461. The smallest absolute Gasteiger partial charge is 0.128 e. The van der Waals surface area contributed by atoms with E-state index in [4.69, 9.17) is 4.74 Å². The van der Waals surface area contributed by atoms with Gasteiger partial charge in [0.2, 0.25) is 0 Å². The van der Waals surface area contributed by atoms with Gasteiger partial charge in [0.05, 0.1) is 6.10 Å². The molecule has 0 saturated heterocycles. The van der Waals surface area contributed by atoms with Gasteiger partial charge in [-0.3, -0.25) is 0 Å². The summed E-state index contributed by atoms with van der Waals surface area (Å²) in [5, 5.41) is 11.9. The van der Waals surface area contributed by atoms with E-state index >= 15 is 0 Å². The average molecular weight is 433 g/mol. The van der Waals surface area contributed by atoms with Crippen molar-refractivity contribution in [1.29, 1.82) is 0 Å². The second-order valence-corrected chi connectivity index (χ2v) is 8.89. The summed E-state index contributed by atoms with van der Waals surface area (Å²) in [6.07, 6.45) is 1.63. The van der Waals surface area contributed by atoms with Gasteiger partial charge in [0.25, 0.3) is 0 Å². The van der Waals surface area contributed by atoms with E-state index in [1.54, 1.807) is 30.0 Å². The maximum absolute atomic E-state index is 9.81. The minimum Gasteiger partial charge on any atom is -0.488 e. The third-order valence-corrected chi connectivity index (χ3v) is 6.71. The predicted octanol–water partition coefficient (Wildman–Crippen LogP) is 7.44. The van der Waals surface area contributed by atoms with E-state index in [1.165, 1.54) is 15.3 Å². The van der Waals surface area contributed by atoms with E-state index in [9.17, 15) is 5.11 Å². The lowest BCUT2D eigenvalue weighted by molar-refractivity contribution is 0.199. The second kappa shape index (κ2) is 9.52. The van der Waals surface area contributed by atoms with Crippen LogP contribution in [0.25, 0.3) is 21.6 Å². The zero-order valence-corrected chi connectivity index (χ0v) is 18.7. The molecule has 1 unspecified atom stereocenters. The maximum Gasteiger partial charge on any atom is 0.128 e. The van der Waals surface area contributed by atoms with Crippen molar-refractivity contribution >= 4 is 23.1 Å². The lowest BCUT2D eigenvalue weighted by Crippen LogP contribution is -1.97. The molecule has 0 amide bonds. The quantitative estimate of drug-likeness (QED) is 0.308. The molecule has 152 valence electrons. The number of benzene rings is 3. The zero-order chi connectivity index (χ0) is 20.9. The SMILES string of the molecule is CSc1ccc(OCc2ccccc2)c(-c2sccc2-c2ccc(C(C)O)cc2)c1. The molecule has 0 aliphatic rings. The van der Waals surface area contributed by atoms with Crippen molar-refractivity contribution in [1.82, 2.24) is 0 Å². The van der Waals surface area contributed by atoms with Gasteiger partial charge in [-0.25, -0.2) is 0 Å². The molecule has 0 aliphatic carbocycles. The van der Waals surface area contributed by atoms with E-state index < -0.39 is 6.10 Å². The van der Waals surface area contributed by atoms with Gasteiger partial charge in [0.15, 0.2) is 0 Å². The molecule has 0 fully saturated rings. The average Bonchev–Trinajstić information content (AvgIpc) is 3.28. The van der Waals surface area contributed by atoms with Crippen molar-refractivity contribution in [3.05, 3.63) is 95.4 Å². The molecular formula is C26H24O2S2. The van der Waals surface area contributed by atoms with Crippen molar-refractivity contribution in [3.8, 4) is 27.3 Å². The molecule has 1 heterocycles. The van der Waals surface area contributed by atoms with Crippen molar-refractivity contribution in [2.75, 3.05) is 6.26 Å². The van der Waals surface area contributed by atoms with Crippen molar-refractivity contribution in [2.24, 2.45) is 0 Å². The van der Waals surface area contributed by atoms with Crippen LogP contribution < -0.4 is 4.74 Å². The molecule has 3 aromatic carbocycles. The molecule has 1 atom stereocenters. The fourth-order valence-electron chi connectivity index (χ4n) is 3.36. The Hall–Kier alpha value is -2.53. The minimum absolute atomic E-state index is 0.461. The Labute approximate surface area is 186 Å². The molecule has 1 N–H and O–H groups in total. The van der Waals surface area contributed by atoms with Crippen LogP contribution >= 0.6 is 23.1 Å². The van der Waals surface area contributed by atoms with Crippen molar-refractivity contribution in [3.63, 3.8) is 0 Å². The van der Waals surface area contributed by atoms with Gasteiger partial charge in [-0.15, -0.1) is 23.1 Å². The van der Waals surface area contributed by atoms with E-state index in [-0.39, 0.29) is 0 Å². The number of hydrogen-bond donors (Lipinski definition) is 1. The lowest BCUT2D eigenvalue weighted by Gasteiger charge is -2.14. The first-order chi connectivity index (χ1) is 14.7. The Morgan fingerprint density at radius 3 is 2.40 bits per heavy atom. The second-order valence-electron chi connectivity index (χ2n) is 7.10. The number of hydrogen-bond acceptors (Lipinski definition) is 4. The third kappa shape index (κ3) is 4.62. The molecule has 0 aliphatic heterocycles. The third-order valence-electron chi connectivity index (χ3n) is 5.04. The molecule has 0 saturated carbocycles. The predicted molar refractivity (Wildman–Crippen MR) is 128 cm³/mol. The molecule has 1 aromatic heterocycles. The Bertz CT molecular complexity index is 1100. The highest BCUT2D eigenvalue weighted by atomic mass is 32.2. The molecule has 4 heteroatoms. The Morgan fingerprint density at radius 1 is 0.933 bits per heavy atom. The topological polar surface area (TPSA) is 29.5 Å². The van der Waals surface area contributed by atoms with Crippen LogP contribution in [0.5, 0.6) is 5.75 Å². The van der Waals surface area contributed by atoms with Crippen LogP contribution in [0.15, 0.2) is 89.1 Å². The van der Waals surface area contributed by atoms with Gasteiger partial charge in [0, 0.05) is 20.9 Å². The first-order valence-electron chi connectivity index (χ1n) is 9.86. The van der Waals surface area contributed by atoms with Crippen LogP contribution in [0.1, 0.15) is 24.2 Å². The number of rotatable bonds is 7. The van der Waals surface area contributed by atoms with Crippen LogP contribution in [-0.2, 0) is 6.61 Å². The normalized spacial score (nSPS) is 12.0. The summed E-state index contributed by atoms with van der Waals surface area (Å²) in [6.45, 7) is 2.32. The molecule has 2 nitrogen and oxygen atoms in total. The first kappa shape index (κ1) is 20.7. The first-order valence-corrected chi connectivity index (χ1v) is 12.0. The number of ether oxygens (including phenoxy) is 1. The van der Waals surface area contributed by atoms with Gasteiger partial charge < -0.3 is 9.84 Å². The number of aliphatic hydroxyl groups is 1. The van der Waals surface area contributed by atoms with E-state index in [1.807, 2.05) is 30.3 Å². The van der Waals surface area contributed by atoms with Gasteiger partial charge in [-0.1, -0.05) is 54.6 Å². The van der Waals surface area contributed by atoms with E-state index in [0.29, 0.717) is 6.61 Å². The van der Waals surface area contributed by atoms with Crippen LogP contribution in [0, 0.1) is 0 Å². The molecule has 0 bridgehead atoms. The van der Waals surface area contributed by atoms with Crippen LogP contribution in [0.4, 0.5) is 0 Å². The van der Waals surface area contributed by atoms with Gasteiger partial charge >= 0.3 is 0 Å². The van der Waals surface area contributed by atoms with Crippen LogP contribution in [0.3, 0.4) is 0 Å². The summed E-state index contributed by atoms with van der Waals surface area (Å²) < 4.78 is 6.25. The largest absolute Gasteiger partial charge is 0.488 e. The van der Waals surface area contributed by atoms with Gasteiger partial charge in [0.1, 0.15) is 12.4 Å². The highest BCUT2D eigenvalue weighted by Crippen LogP contribution is 2.43. The highest BCUT2D eigenvalue weighted by molar-refractivity contribution is 7.98. The standard InChI is InChI=1S/C26H24O2S2/c1-18(27)20-8-10-21(11-9-20)23-14-15-30-26(23)24-16-22(29-2)12-13-25(24)28-17-19-6-4-3-5-7-19/h3-16,18,27H,17H2,1-2H3.